The highest BCUT2D eigenvalue weighted by Crippen LogP contribution is 2.20. The second kappa shape index (κ2) is 6.36. The third-order valence-electron chi connectivity index (χ3n) is 3.81. The van der Waals surface area contributed by atoms with Gasteiger partial charge >= 0.3 is 0 Å². The van der Waals surface area contributed by atoms with Crippen LogP contribution in [0.1, 0.15) is 0 Å². The Labute approximate surface area is 146 Å². The van der Waals surface area contributed by atoms with Crippen LogP contribution in [0.15, 0.2) is 71.8 Å². The lowest BCUT2D eigenvalue weighted by molar-refractivity contribution is 0.619. The molecule has 0 unspecified atom stereocenters. The van der Waals surface area contributed by atoms with Gasteiger partial charge in [-0.1, -0.05) is 18.2 Å². The van der Waals surface area contributed by atoms with Gasteiger partial charge in [-0.15, -0.1) is 0 Å². The molecule has 2 aromatic carbocycles. The zero-order valence-electron chi connectivity index (χ0n) is 13.4. The second-order valence-electron chi connectivity index (χ2n) is 5.59. The Kier molecular flexibility index (Phi) is 3.89. The van der Waals surface area contributed by atoms with Crippen LogP contribution in [-0.4, -0.2) is 14.5 Å². The molecule has 0 spiro atoms. The Balaban J connectivity index is 2.00. The highest BCUT2D eigenvalue weighted by Gasteiger charge is 2.14. The summed E-state index contributed by atoms with van der Waals surface area (Å²) in [5, 5.41) is 3.14. The number of rotatable bonds is 3. The van der Waals surface area contributed by atoms with Crippen molar-refractivity contribution in [3.8, 4) is 5.69 Å². The van der Waals surface area contributed by atoms with Crippen molar-refractivity contribution in [3.63, 3.8) is 0 Å². The molecular formula is C19H12F2N4O. The van der Waals surface area contributed by atoms with Crippen molar-refractivity contribution < 1.29 is 8.78 Å². The Bertz CT molecular complexity index is 1160. The Morgan fingerprint density at radius 1 is 0.923 bits per heavy atom. The number of hydrogen-bond acceptors (Lipinski definition) is 4. The van der Waals surface area contributed by atoms with Gasteiger partial charge in [0.2, 0.25) is 5.95 Å². The maximum absolute atomic E-state index is 13.6. The standard InChI is InChI=1S/C19H12F2N4O/c20-12-6-7-17-16(9-12)18(26)25(15-8-13(21)10-22-11-15)19(24-17)23-14-4-2-1-3-5-14/h1-11H,(H,23,24). The van der Waals surface area contributed by atoms with Crippen molar-refractivity contribution in [1.29, 1.82) is 0 Å². The molecule has 4 rings (SSSR count). The fourth-order valence-electron chi connectivity index (χ4n) is 2.65. The summed E-state index contributed by atoms with van der Waals surface area (Å²) >= 11 is 0. The van der Waals surface area contributed by atoms with E-state index >= 15 is 0 Å². The van der Waals surface area contributed by atoms with Gasteiger partial charge in [0, 0.05) is 11.8 Å². The average Bonchev–Trinajstić information content (AvgIpc) is 2.63. The number of hydrogen-bond donors (Lipinski definition) is 1. The van der Waals surface area contributed by atoms with Gasteiger partial charge in [-0.25, -0.2) is 18.3 Å². The third kappa shape index (κ3) is 2.90. The molecule has 1 N–H and O–H groups in total. The van der Waals surface area contributed by atoms with Gasteiger partial charge in [-0.2, -0.15) is 0 Å². The molecule has 0 atom stereocenters. The zero-order valence-corrected chi connectivity index (χ0v) is 13.4. The molecule has 0 saturated heterocycles. The Morgan fingerprint density at radius 2 is 1.73 bits per heavy atom. The molecule has 7 heteroatoms. The molecule has 4 aromatic rings. The van der Waals surface area contributed by atoms with Gasteiger partial charge in [0.05, 0.1) is 29.0 Å². The average molecular weight is 350 g/mol. The van der Waals surface area contributed by atoms with Crippen molar-refractivity contribution in [1.82, 2.24) is 14.5 Å². The predicted octanol–water partition coefficient (Wildman–Crippen LogP) is 3.80. The first-order chi connectivity index (χ1) is 12.6. The molecule has 128 valence electrons. The van der Waals surface area contributed by atoms with Crippen LogP contribution in [-0.2, 0) is 0 Å². The molecule has 26 heavy (non-hydrogen) atoms. The van der Waals surface area contributed by atoms with E-state index in [2.05, 4.69) is 15.3 Å². The van der Waals surface area contributed by atoms with Gasteiger partial charge in [-0.05, 0) is 30.3 Å². The Hall–Kier alpha value is -3.61. The molecule has 2 aromatic heterocycles. The van der Waals surface area contributed by atoms with Gasteiger partial charge in [-0.3, -0.25) is 9.78 Å². The number of halogens is 2. The fraction of sp³-hybridized carbons (Fsp3) is 0. The van der Waals surface area contributed by atoms with Crippen molar-refractivity contribution >= 4 is 22.5 Å². The van der Waals surface area contributed by atoms with Crippen LogP contribution in [0.5, 0.6) is 0 Å². The number of para-hydroxylation sites is 1. The topological polar surface area (TPSA) is 59.8 Å². The normalized spacial score (nSPS) is 10.8. The van der Waals surface area contributed by atoms with Gasteiger partial charge in [0.15, 0.2) is 0 Å². The van der Waals surface area contributed by atoms with Gasteiger partial charge in [0.1, 0.15) is 11.6 Å². The molecule has 0 fully saturated rings. The summed E-state index contributed by atoms with van der Waals surface area (Å²) in [5.41, 5.74) is 0.682. The molecule has 2 heterocycles. The van der Waals surface area contributed by atoms with E-state index in [0.29, 0.717) is 11.2 Å². The lowest BCUT2D eigenvalue weighted by atomic mass is 10.2. The number of aromatic nitrogens is 3. The van der Waals surface area contributed by atoms with E-state index in [1.165, 1.54) is 22.9 Å². The minimum Gasteiger partial charge on any atom is -0.325 e. The van der Waals surface area contributed by atoms with Crippen LogP contribution in [0, 0.1) is 11.6 Å². The summed E-state index contributed by atoms with van der Waals surface area (Å²) in [5.74, 6) is -0.976. The van der Waals surface area contributed by atoms with E-state index in [1.807, 2.05) is 18.2 Å². The molecule has 0 bridgehead atoms. The third-order valence-corrected chi connectivity index (χ3v) is 3.81. The molecule has 0 saturated carbocycles. The van der Waals surface area contributed by atoms with E-state index in [1.54, 1.807) is 12.1 Å². The maximum atomic E-state index is 13.6. The largest absolute Gasteiger partial charge is 0.325 e. The predicted molar refractivity (Wildman–Crippen MR) is 94.8 cm³/mol. The van der Waals surface area contributed by atoms with E-state index in [9.17, 15) is 13.6 Å². The van der Waals surface area contributed by atoms with Crippen molar-refractivity contribution in [3.05, 3.63) is 89.0 Å². The van der Waals surface area contributed by atoms with E-state index in [0.717, 1.165) is 18.3 Å². The number of benzene rings is 2. The van der Waals surface area contributed by atoms with Crippen LogP contribution in [0.3, 0.4) is 0 Å². The quantitative estimate of drug-likeness (QED) is 0.610. The maximum Gasteiger partial charge on any atom is 0.267 e. The number of pyridine rings is 1. The minimum absolute atomic E-state index is 0.0906. The first-order valence-electron chi connectivity index (χ1n) is 7.77. The molecular weight excluding hydrogens is 338 g/mol. The highest BCUT2D eigenvalue weighted by molar-refractivity contribution is 5.80. The summed E-state index contributed by atoms with van der Waals surface area (Å²) < 4.78 is 28.4. The number of nitrogens with one attached hydrogen (secondary N) is 1. The second-order valence-corrected chi connectivity index (χ2v) is 5.59. The summed E-state index contributed by atoms with van der Waals surface area (Å²) in [6.45, 7) is 0. The highest BCUT2D eigenvalue weighted by atomic mass is 19.1. The SMILES string of the molecule is O=c1c2cc(F)ccc2nc(Nc2ccccc2)n1-c1cncc(F)c1. The van der Waals surface area contributed by atoms with Crippen LogP contribution >= 0.6 is 0 Å². The van der Waals surface area contributed by atoms with Crippen LogP contribution in [0.25, 0.3) is 16.6 Å². The summed E-state index contributed by atoms with van der Waals surface area (Å²) in [7, 11) is 0. The molecule has 0 aliphatic rings. The van der Waals surface area contributed by atoms with Crippen LogP contribution in [0.2, 0.25) is 0 Å². The zero-order chi connectivity index (χ0) is 18.1. The first kappa shape index (κ1) is 15.9. The lowest BCUT2D eigenvalue weighted by Gasteiger charge is -2.14. The fourth-order valence-corrected chi connectivity index (χ4v) is 2.65. The van der Waals surface area contributed by atoms with Gasteiger partial charge < -0.3 is 5.32 Å². The van der Waals surface area contributed by atoms with Crippen molar-refractivity contribution in [2.24, 2.45) is 0 Å². The summed E-state index contributed by atoms with van der Waals surface area (Å²) in [6.07, 6.45) is 2.38. The van der Waals surface area contributed by atoms with Crippen molar-refractivity contribution in [2.75, 3.05) is 5.32 Å². The molecule has 0 aliphatic carbocycles. The van der Waals surface area contributed by atoms with Crippen molar-refractivity contribution in [2.45, 2.75) is 0 Å². The molecule has 0 aliphatic heterocycles. The molecule has 5 nitrogen and oxygen atoms in total. The van der Waals surface area contributed by atoms with Gasteiger partial charge in [0.25, 0.3) is 5.56 Å². The summed E-state index contributed by atoms with van der Waals surface area (Å²) in [4.78, 5) is 21.2. The van der Waals surface area contributed by atoms with E-state index < -0.39 is 17.2 Å². The van der Waals surface area contributed by atoms with E-state index in [4.69, 9.17) is 0 Å². The monoisotopic (exact) mass is 350 g/mol. The number of anilines is 2. The minimum atomic E-state index is -0.598. The van der Waals surface area contributed by atoms with Crippen LogP contribution < -0.4 is 10.9 Å². The number of fused-ring (bicyclic) bond motifs is 1. The van der Waals surface area contributed by atoms with E-state index in [-0.39, 0.29) is 17.0 Å². The Morgan fingerprint density at radius 3 is 2.50 bits per heavy atom. The number of nitrogens with zero attached hydrogens (tertiary/aromatic N) is 3. The molecule has 0 amide bonds. The smallest absolute Gasteiger partial charge is 0.267 e. The first-order valence-corrected chi connectivity index (χ1v) is 7.77. The molecule has 0 radical (unpaired) electrons. The lowest BCUT2D eigenvalue weighted by Crippen LogP contribution is -2.23. The van der Waals surface area contributed by atoms with Crippen LogP contribution in [0.4, 0.5) is 20.4 Å². The summed E-state index contributed by atoms with van der Waals surface area (Å²) in [6, 6.07) is 14.0.